The predicted octanol–water partition coefficient (Wildman–Crippen LogP) is 3.58. The Morgan fingerprint density at radius 2 is 1.61 bits per heavy atom. The minimum atomic E-state index is -0.0357. The van der Waals surface area contributed by atoms with E-state index in [0.29, 0.717) is 17.8 Å². The highest BCUT2D eigenvalue weighted by atomic mass is 35.5. The Labute approximate surface area is 137 Å². The number of halogens is 1. The van der Waals surface area contributed by atoms with Gasteiger partial charge in [0.2, 0.25) is 0 Å². The van der Waals surface area contributed by atoms with Crippen molar-refractivity contribution < 1.29 is 0 Å². The Balaban J connectivity index is 2.18. The van der Waals surface area contributed by atoms with Gasteiger partial charge in [0.15, 0.2) is 0 Å². The Bertz CT molecular complexity index is 1050. The number of hydrogen-bond donors (Lipinski definition) is 0. The molecule has 4 rings (SSSR count). The van der Waals surface area contributed by atoms with Crippen molar-refractivity contribution in [2.75, 3.05) is 5.88 Å². The fraction of sp³-hybridized carbons (Fsp3) is 0.111. The number of rotatable bonds is 3. The van der Waals surface area contributed by atoms with Crippen molar-refractivity contribution in [1.82, 2.24) is 14.3 Å². The van der Waals surface area contributed by atoms with Gasteiger partial charge in [0.05, 0.1) is 11.9 Å². The van der Waals surface area contributed by atoms with E-state index in [1.54, 1.807) is 9.25 Å². The van der Waals surface area contributed by atoms with Gasteiger partial charge in [-0.05, 0) is 23.6 Å². The van der Waals surface area contributed by atoms with Crippen molar-refractivity contribution in [3.8, 4) is 5.69 Å². The second-order valence-electron chi connectivity index (χ2n) is 5.32. The highest BCUT2D eigenvalue weighted by Gasteiger charge is 2.15. The van der Waals surface area contributed by atoms with Crippen LogP contribution in [0.4, 0.5) is 0 Å². The Kier molecular flexibility index (Phi) is 3.39. The Hall–Kier alpha value is -2.59. The summed E-state index contributed by atoms with van der Waals surface area (Å²) in [4.78, 5) is 12.9. The average Bonchev–Trinajstić information content (AvgIpc) is 3.04. The number of alkyl halides is 1. The van der Waals surface area contributed by atoms with Crippen LogP contribution in [0.15, 0.2) is 65.6 Å². The Morgan fingerprint density at radius 3 is 2.35 bits per heavy atom. The van der Waals surface area contributed by atoms with Gasteiger partial charge >= 0.3 is 0 Å². The normalized spacial score (nSPS) is 11.3. The first kappa shape index (κ1) is 14.0. The molecular formula is C18H14ClN3O. The van der Waals surface area contributed by atoms with Gasteiger partial charge in [-0.15, -0.1) is 11.6 Å². The molecule has 0 unspecified atom stereocenters. The molecule has 0 fully saturated rings. The van der Waals surface area contributed by atoms with E-state index in [9.17, 15) is 4.79 Å². The maximum absolute atomic E-state index is 12.9. The topological polar surface area (TPSA) is 39.8 Å². The third-order valence-corrected chi connectivity index (χ3v) is 4.17. The predicted molar refractivity (Wildman–Crippen MR) is 93.6 cm³/mol. The summed E-state index contributed by atoms with van der Waals surface area (Å²) >= 11 is 5.94. The van der Waals surface area contributed by atoms with Crippen LogP contribution in [0.5, 0.6) is 0 Å². The van der Waals surface area contributed by atoms with E-state index in [1.165, 1.54) is 0 Å². The standard InChI is InChI=1S/C18H14ClN3O/c19-10-11-21-17-16(14-8-4-5-9-15(14)18(21)23)12-20-22(17)13-6-2-1-3-7-13/h1-9,12H,10-11H2. The number of pyridine rings is 1. The summed E-state index contributed by atoms with van der Waals surface area (Å²) in [5.74, 6) is 0.368. The number of para-hydroxylation sites is 1. The zero-order valence-electron chi connectivity index (χ0n) is 12.3. The van der Waals surface area contributed by atoms with E-state index in [-0.39, 0.29) is 5.56 Å². The molecule has 4 aromatic rings. The third kappa shape index (κ3) is 2.14. The van der Waals surface area contributed by atoms with Crippen molar-refractivity contribution in [3.63, 3.8) is 0 Å². The third-order valence-electron chi connectivity index (χ3n) is 4.00. The minimum Gasteiger partial charge on any atom is -0.291 e. The molecule has 0 bridgehead atoms. The first-order valence-electron chi connectivity index (χ1n) is 7.42. The van der Waals surface area contributed by atoms with E-state index >= 15 is 0 Å². The van der Waals surface area contributed by atoms with Crippen LogP contribution in [0.1, 0.15) is 0 Å². The molecule has 0 aliphatic heterocycles. The first-order valence-corrected chi connectivity index (χ1v) is 7.95. The molecule has 4 nitrogen and oxygen atoms in total. The maximum Gasteiger partial charge on any atom is 0.260 e. The molecule has 0 atom stereocenters. The summed E-state index contributed by atoms with van der Waals surface area (Å²) < 4.78 is 3.51. The first-order chi connectivity index (χ1) is 11.3. The second kappa shape index (κ2) is 5.56. The largest absolute Gasteiger partial charge is 0.291 e. The van der Waals surface area contributed by atoms with Gasteiger partial charge < -0.3 is 0 Å². The van der Waals surface area contributed by atoms with Crippen molar-refractivity contribution >= 4 is 33.4 Å². The summed E-state index contributed by atoms with van der Waals surface area (Å²) in [6.07, 6.45) is 1.81. The van der Waals surface area contributed by atoms with Crippen LogP contribution in [0.2, 0.25) is 0 Å². The summed E-state index contributed by atoms with van der Waals surface area (Å²) in [5, 5.41) is 7.08. The molecule has 0 saturated carbocycles. The summed E-state index contributed by atoms with van der Waals surface area (Å²) in [7, 11) is 0. The van der Waals surface area contributed by atoms with Crippen LogP contribution in [0.3, 0.4) is 0 Å². The molecule has 0 saturated heterocycles. The van der Waals surface area contributed by atoms with Gasteiger partial charge in [0.1, 0.15) is 5.65 Å². The number of benzene rings is 2. The van der Waals surface area contributed by atoms with Crippen LogP contribution < -0.4 is 5.56 Å². The average molecular weight is 324 g/mol. The SMILES string of the molecule is O=c1c2ccccc2c2cnn(-c3ccccc3)c2n1CCCl. The van der Waals surface area contributed by atoms with E-state index in [4.69, 9.17) is 11.6 Å². The molecule has 0 aliphatic carbocycles. The Morgan fingerprint density at radius 1 is 0.913 bits per heavy atom. The summed E-state index contributed by atoms with van der Waals surface area (Å²) in [5.41, 5.74) is 1.66. The molecular weight excluding hydrogens is 310 g/mol. The second-order valence-corrected chi connectivity index (χ2v) is 5.70. The fourth-order valence-electron chi connectivity index (χ4n) is 2.99. The highest BCUT2D eigenvalue weighted by Crippen LogP contribution is 2.24. The quantitative estimate of drug-likeness (QED) is 0.541. The number of hydrogen-bond acceptors (Lipinski definition) is 2. The van der Waals surface area contributed by atoms with E-state index in [2.05, 4.69) is 5.10 Å². The number of aryl methyl sites for hydroxylation is 1. The van der Waals surface area contributed by atoms with Gasteiger partial charge in [0.25, 0.3) is 5.56 Å². The van der Waals surface area contributed by atoms with E-state index in [1.807, 2.05) is 60.8 Å². The minimum absolute atomic E-state index is 0.0357. The molecule has 5 heteroatoms. The molecule has 0 radical (unpaired) electrons. The lowest BCUT2D eigenvalue weighted by molar-refractivity contribution is 0.736. The zero-order chi connectivity index (χ0) is 15.8. The smallest absolute Gasteiger partial charge is 0.260 e. The van der Waals surface area contributed by atoms with Crippen LogP contribution in [0, 0.1) is 0 Å². The van der Waals surface area contributed by atoms with Gasteiger partial charge in [-0.1, -0.05) is 36.4 Å². The number of nitrogens with zero attached hydrogens (tertiary/aromatic N) is 3. The van der Waals surface area contributed by atoms with Gasteiger partial charge in [-0.3, -0.25) is 9.36 Å². The lowest BCUT2D eigenvalue weighted by Gasteiger charge is -2.12. The van der Waals surface area contributed by atoms with Crippen LogP contribution >= 0.6 is 11.6 Å². The maximum atomic E-state index is 12.9. The molecule has 2 aromatic heterocycles. The monoisotopic (exact) mass is 323 g/mol. The van der Waals surface area contributed by atoms with Crippen LogP contribution in [-0.4, -0.2) is 20.2 Å². The molecule has 0 amide bonds. The van der Waals surface area contributed by atoms with Crippen molar-refractivity contribution in [1.29, 1.82) is 0 Å². The molecule has 0 N–H and O–H groups in total. The summed E-state index contributed by atoms with van der Waals surface area (Å²) in [6, 6.07) is 17.4. The molecule has 2 aromatic carbocycles. The van der Waals surface area contributed by atoms with Crippen LogP contribution in [0.25, 0.3) is 27.5 Å². The molecule has 114 valence electrons. The molecule has 2 heterocycles. The highest BCUT2D eigenvalue weighted by molar-refractivity contribution is 6.17. The molecule has 0 aliphatic rings. The number of fused-ring (bicyclic) bond motifs is 3. The summed E-state index contributed by atoms with van der Waals surface area (Å²) in [6.45, 7) is 0.445. The van der Waals surface area contributed by atoms with E-state index in [0.717, 1.165) is 22.1 Å². The van der Waals surface area contributed by atoms with Crippen molar-refractivity contribution in [3.05, 3.63) is 71.1 Å². The van der Waals surface area contributed by atoms with Gasteiger partial charge in [-0.2, -0.15) is 5.10 Å². The zero-order valence-corrected chi connectivity index (χ0v) is 13.1. The molecule has 23 heavy (non-hydrogen) atoms. The van der Waals surface area contributed by atoms with Crippen LogP contribution in [-0.2, 0) is 6.54 Å². The number of aromatic nitrogens is 3. The van der Waals surface area contributed by atoms with Gasteiger partial charge in [0, 0.05) is 23.2 Å². The van der Waals surface area contributed by atoms with Gasteiger partial charge in [-0.25, -0.2) is 4.68 Å². The van der Waals surface area contributed by atoms with Crippen molar-refractivity contribution in [2.45, 2.75) is 6.54 Å². The van der Waals surface area contributed by atoms with E-state index < -0.39 is 0 Å². The lowest BCUT2D eigenvalue weighted by Crippen LogP contribution is -2.23. The van der Waals surface area contributed by atoms with Crippen molar-refractivity contribution in [2.24, 2.45) is 0 Å². The molecule has 0 spiro atoms. The fourth-order valence-corrected chi connectivity index (χ4v) is 3.16. The lowest BCUT2D eigenvalue weighted by atomic mass is 10.1.